The monoisotopic (exact) mass is 520 g/mol. The van der Waals surface area contributed by atoms with E-state index in [1.54, 1.807) is 18.2 Å². The van der Waals surface area contributed by atoms with Crippen molar-refractivity contribution in [2.45, 2.75) is 52.1 Å². The highest BCUT2D eigenvalue weighted by atomic mass is 19.4. The van der Waals surface area contributed by atoms with Crippen LogP contribution in [0.25, 0.3) is 0 Å². The predicted octanol–water partition coefficient (Wildman–Crippen LogP) is 7.13. The first-order chi connectivity index (χ1) is 16.8. The molecule has 0 heterocycles. The van der Waals surface area contributed by atoms with Crippen molar-refractivity contribution < 1.29 is 40.6 Å². The maximum Gasteiger partial charge on any atom is 0.416 e. The molecule has 0 fully saturated rings. The Morgan fingerprint density at radius 1 is 0.833 bits per heavy atom. The van der Waals surface area contributed by atoms with E-state index in [9.17, 15) is 31.1 Å². The Labute approximate surface area is 206 Å². The molecule has 1 amide bonds. The van der Waals surface area contributed by atoms with Crippen LogP contribution in [0.15, 0.2) is 36.4 Å². The number of methoxy groups -OCH3 is 2. The van der Waals surface area contributed by atoms with Gasteiger partial charge >= 0.3 is 18.4 Å². The topological polar surface area (TPSA) is 42.0 Å². The van der Waals surface area contributed by atoms with Crippen molar-refractivity contribution in [2.75, 3.05) is 32.2 Å². The van der Waals surface area contributed by atoms with Gasteiger partial charge in [-0.25, -0.2) is 4.79 Å². The SMILES string of the molecule is CCCN(CCC)c1cc(OC)ccc1CN(Cc1cc(C(F)(F)F)cc(C(F)(F)F)c1)C(=O)OC. The minimum absolute atomic E-state index is 0.0565. The molecule has 0 aliphatic heterocycles. The van der Waals surface area contributed by atoms with E-state index in [0.29, 0.717) is 36.5 Å². The van der Waals surface area contributed by atoms with Crippen LogP contribution in [-0.4, -0.2) is 38.3 Å². The largest absolute Gasteiger partial charge is 0.497 e. The van der Waals surface area contributed by atoms with Gasteiger partial charge < -0.3 is 14.4 Å². The first kappa shape index (κ1) is 29.1. The molecule has 0 bridgehead atoms. The number of nitrogens with zero attached hydrogens (tertiary/aromatic N) is 2. The number of carbonyl (C=O) groups is 1. The molecule has 0 aliphatic rings. The number of hydrogen-bond acceptors (Lipinski definition) is 4. The highest BCUT2D eigenvalue weighted by Gasteiger charge is 2.37. The van der Waals surface area contributed by atoms with Crippen LogP contribution in [0.5, 0.6) is 5.75 Å². The van der Waals surface area contributed by atoms with Crippen LogP contribution in [-0.2, 0) is 30.2 Å². The molecule has 0 saturated heterocycles. The number of hydrogen-bond donors (Lipinski definition) is 0. The second-order valence-electron chi connectivity index (χ2n) is 8.22. The van der Waals surface area contributed by atoms with Gasteiger partial charge in [0.15, 0.2) is 0 Å². The van der Waals surface area contributed by atoms with E-state index < -0.39 is 36.1 Å². The van der Waals surface area contributed by atoms with E-state index in [0.717, 1.165) is 30.5 Å². The summed E-state index contributed by atoms with van der Waals surface area (Å²) in [5.74, 6) is 0.572. The molecule has 2 aromatic rings. The summed E-state index contributed by atoms with van der Waals surface area (Å²) in [6.45, 7) is 4.80. The Morgan fingerprint density at radius 3 is 1.83 bits per heavy atom. The first-order valence-electron chi connectivity index (χ1n) is 11.4. The fourth-order valence-electron chi connectivity index (χ4n) is 3.84. The van der Waals surface area contributed by atoms with Crippen molar-refractivity contribution >= 4 is 11.8 Å². The molecule has 5 nitrogen and oxygen atoms in total. The second-order valence-corrected chi connectivity index (χ2v) is 8.22. The maximum atomic E-state index is 13.3. The predicted molar refractivity (Wildman–Crippen MR) is 124 cm³/mol. The van der Waals surface area contributed by atoms with Crippen molar-refractivity contribution in [1.82, 2.24) is 4.90 Å². The lowest BCUT2D eigenvalue weighted by atomic mass is 10.0. The van der Waals surface area contributed by atoms with Gasteiger partial charge in [-0.1, -0.05) is 19.9 Å². The highest BCUT2D eigenvalue weighted by Crippen LogP contribution is 2.37. The zero-order chi connectivity index (χ0) is 27.1. The summed E-state index contributed by atoms with van der Waals surface area (Å²) in [4.78, 5) is 15.7. The third-order valence-corrected chi connectivity index (χ3v) is 5.44. The van der Waals surface area contributed by atoms with Gasteiger partial charge in [0.05, 0.1) is 31.9 Å². The van der Waals surface area contributed by atoms with Crippen molar-refractivity contribution in [3.8, 4) is 5.75 Å². The molecule has 200 valence electrons. The van der Waals surface area contributed by atoms with Crippen LogP contribution >= 0.6 is 0 Å². The van der Waals surface area contributed by atoms with Crippen molar-refractivity contribution in [3.05, 3.63) is 58.7 Å². The molecule has 11 heteroatoms. The van der Waals surface area contributed by atoms with Crippen LogP contribution in [0.4, 0.5) is 36.8 Å². The minimum atomic E-state index is -4.99. The molecule has 0 radical (unpaired) electrons. The molecule has 0 N–H and O–H groups in total. The van der Waals surface area contributed by atoms with E-state index >= 15 is 0 Å². The molecule has 0 spiro atoms. The van der Waals surface area contributed by atoms with Crippen molar-refractivity contribution in [3.63, 3.8) is 0 Å². The van der Waals surface area contributed by atoms with Gasteiger partial charge in [0.25, 0.3) is 0 Å². The molecule has 0 aliphatic carbocycles. The van der Waals surface area contributed by atoms with Crippen LogP contribution in [0.2, 0.25) is 0 Å². The first-order valence-corrected chi connectivity index (χ1v) is 11.4. The van der Waals surface area contributed by atoms with Gasteiger partial charge in [0.1, 0.15) is 5.75 Å². The number of halogens is 6. The molecule has 2 rings (SSSR count). The molecular formula is C25H30F6N2O3. The van der Waals surface area contributed by atoms with Crippen molar-refractivity contribution in [1.29, 1.82) is 0 Å². The standard InChI is InChI=1S/C25H30F6N2O3/c1-5-9-32(10-6-2)22-14-21(35-3)8-7-18(22)16-33(23(34)36-4)15-17-11-19(24(26,27)28)13-20(12-17)25(29,30)31/h7-8,11-14H,5-6,9-10,15-16H2,1-4H3. The van der Waals surface area contributed by atoms with E-state index in [2.05, 4.69) is 4.90 Å². The lowest BCUT2D eigenvalue weighted by Crippen LogP contribution is -2.32. The summed E-state index contributed by atoms with van der Waals surface area (Å²) in [5, 5.41) is 0. The van der Waals surface area contributed by atoms with E-state index in [1.165, 1.54) is 7.11 Å². The number of carbonyl (C=O) groups excluding carboxylic acids is 1. The van der Waals surface area contributed by atoms with Crippen LogP contribution in [0.3, 0.4) is 0 Å². The van der Waals surface area contributed by atoms with E-state index in [1.807, 2.05) is 13.8 Å². The summed E-state index contributed by atoms with van der Waals surface area (Å²) in [5.41, 5.74) is -1.81. The summed E-state index contributed by atoms with van der Waals surface area (Å²) in [6, 6.07) is 6.47. The van der Waals surface area contributed by atoms with Gasteiger partial charge in [0.2, 0.25) is 0 Å². The van der Waals surface area contributed by atoms with Gasteiger partial charge in [-0.3, -0.25) is 4.90 Å². The average Bonchev–Trinajstić information content (AvgIpc) is 2.82. The van der Waals surface area contributed by atoms with Crippen LogP contribution < -0.4 is 9.64 Å². The van der Waals surface area contributed by atoms with Gasteiger partial charge in [-0.05, 0) is 48.2 Å². The lowest BCUT2D eigenvalue weighted by molar-refractivity contribution is -0.143. The lowest BCUT2D eigenvalue weighted by Gasteiger charge is -2.29. The fourth-order valence-corrected chi connectivity index (χ4v) is 3.84. The second kappa shape index (κ2) is 12.2. The normalized spacial score (nSPS) is 11.8. The van der Waals surface area contributed by atoms with Crippen LogP contribution in [0.1, 0.15) is 48.9 Å². The Balaban J connectivity index is 2.53. The number of ether oxygens (including phenoxy) is 2. The van der Waals surface area contributed by atoms with Gasteiger partial charge in [-0.2, -0.15) is 26.3 Å². The summed E-state index contributed by atoms with van der Waals surface area (Å²) >= 11 is 0. The molecule has 0 atom stereocenters. The fraction of sp³-hybridized carbons (Fsp3) is 0.480. The minimum Gasteiger partial charge on any atom is -0.497 e. The molecule has 0 aromatic heterocycles. The molecule has 36 heavy (non-hydrogen) atoms. The summed E-state index contributed by atoms with van der Waals surface area (Å²) in [7, 11) is 2.60. The average molecular weight is 521 g/mol. The van der Waals surface area contributed by atoms with Crippen LogP contribution in [0, 0.1) is 0 Å². The van der Waals surface area contributed by atoms with Crippen molar-refractivity contribution in [2.24, 2.45) is 0 Å². The zero-order valence-electron chi connectivity index (χ0n) is 20.6. The summed E-state index contributed by atoms with van der Waals surface area (Å²) in [6.07, 6.45) is -9.20. The van der Waals surface area contributed by atoms with Gasteiger partial charge in [0, 0.05) is 31.4 Å². The maximum absolute atomic E-state index is 13.3. The molecule has 2 aromatic carbocycles. The van der Waals surface area contributed by atoms with E-state index in [-0.39, 0.29) is 18.2 Å². The highest BCUT2D eigenvalue weighted by molar-refractivity contribution is 5.68. The Bertz CT molecular complexity index is 986. The Morgan fingerprint density at radius 2 is 1.39 bits per heavy atom. The number of anilines is 1. The Hall–Kier alpha value is -3.11. The van der Waals surface area contributed by atoms with Gasteiger partial charge in [-0.15, -0.1) is 0 Å². The van der Waals surface area contributed by atoms with E-state index in [4.69, 9.17) is 9.47 Å². The zero-order valence-corrected chi connectivity index (χ0v) is 20.6. The third kappa shape index (κ3) is 7.69. The molecular weight excluding hydrogens is 490 g/mol. The molecule has 0 unspecified atom stereocenters. The quantitative estimate of drug-likeness (QED) is 0.313. The molecule has 0 saturated carbocycles. The summed E-state index contributed by atoms with van der Waals surface area (Å²) < 4.78 is 90.0. The number of benzene rings is 2. The number of alkyl halides is 6. The number of rotatable bonds is 10. The smallest absolute Gasteiger partial charge is 0.416 e. The number of amides is 1. The Kier molecular flexibility index (Phi) is 9.89. The third-order valence-electron chi connectivity index (χ3n) is 5.44.